The highest BCUT2D eigenvalue weighted by Gasteiger charge is 2.21. The summed E-state index contributed by atoms with van der Waals surface area (Å²) in [5.74, 6) is 0. The van der Waals surface area contributed by atoms with Crippen LogP contribution >= 0.6 is 0 Å². The lowest BCUT2D eigenvalue weighted by Gasteiger charge is -2.34. The molecule has 1 aromatic rings. The summed E-state index contributed by atoms with van der Waals surface area (Å²) in [5, 5.41) is 3.44. The van der Waals surface area contributed by atoms with E-state index in [0.717, 1.165) is 19.6 Å². The molecule has 15 heavy (non-hydrogen) atoms. The van der Waals surface area contributed by atoms with E-state index in [2.05, 4.69) is 48.5 Å². The summed E-state index contributed by atoms with van der Waals surface area (Å²) >= 11 is 0. The van der Waals surface area contributed by atoms with Crippen LogP contribution in [-0.4, -0.2) is 31.1 Å². The monoisotopic (exact) mass is 204 g/mol. The van der Waals surface area contributed by atoms with E-state index in [1.807, 2.05) is 0 Å². The lowest BCUT2D eigenvalue weighted by molar-refractivity contribution is 0.211. The molecule has 0 aliphatic carbocycles. The summed E-state index contributed by atoms with van der Waals surface area (Å²) in [6.07, 6.45) is 1.18. The number of hydrogen-bond donors (Lipinski definition) is 1. The van der Waals surface area contributed by atoms with Gasteiger partial charge in [0.2, 0.25) is 0 Å². The van der Waals surface area contributed by atoms with E-state index in [9.17, 15) is 0 Å². The van der Waals surface area contributed by atoms with Crippen LogP contribution in [0.4, 0.5) is 0 Å². The second-order valence-corrected chi connectivity index (χ2v) is 4.35. The molecule has 2 rings (SSSR count). The van der Waals surface area contributed by atoms with Crippen molar-refractivity contribution in [3.05, 3.63) is 35.4 Å². The first-order valence-corrected chi connectivity index (χ1v) is 5.79. The maximum Gasteiger partial charge on any atom is 0.0261 e. The van der Waals surface area contributed by atoms with Crippen molar-refractivity contribution in [3.63, 3.8) is 0 Å². The van der Waals surface area contributed by atoms with E-state index < -0.39 is 0 Å². The minimum atomic E-state index is 0.653. The molecule has 1 aliphatic heterocycles. The fraction of sp³-hybridized carbons (Fsp3) is 0.538. The molecule has 0 amide bonds. The van der Waals surface area contributed by atoms with E-state index in [4.69, 9.17) is 0 Å². The van der Waals surface area contributed by atoms with E-state index in [-0.39, 0.29) is 0 Å². The maximum atomic E-state index is 3.44. The van der Waals surface area contributed by atoms with Gasteiger partial charge in [-0.15, -0.1) is 0 Å². The van der Waals surface area contributed by atoms with Crippen molar-refractivity contribution in [2.45, 2.75) is 25.9 Å². The van der Waals surface area contributed by atoms with Gasteiger partial charge in [0.25, 0.3) is 0 Å². The van der Waals surface area contributed by atoms with Crippen LogP contribution in [0.1, 0.15) is 18.1 Å². The normalized spacial score (nSPS) is 21.3. The molecule has 0 bridgehead atoms. The van der Waals surface area contributed by atoms with Gasteiger partial charge in [0, 0.05) is 19.1 Å². The molecule has 1 N–H and O–H groups in total. The first-order valence-electron chi connectivity index (χ1n) is 5.79. The largest absolute Gasteiger partial charge is 0.315 e. The van der Waals surface area contributed by atoms with Gasteiger partial charge in [-0.05, 0) is 31.1 Å². The van der Waals surface area contributed by atoms with Crippen LogP contribution in [0, 0.1) is 0 Å². The van der Waals surface area contributed by atoms with Gasteiger partial charge >= 0.3 is 0 Å². The molecule has 0 saturated heterocycles. The van der Waals surface area contributed by atoms with Crippen LogP contribution in [-0.2, 0) is 13.0 Å². The summed E-state index contributed by atoms with van der Waals surface area (Å²) in [7, 11) is 2.22. The fourth-order valence-corrected chi connectivity index (χ4v) is 2.26. The molecule has 0 spiro atoms. The molecule has 0 radical (unpaired) electrons. The maximum absolute atomic E-state index is 3.44. The zero-order valence-electron chi connectivity index (χ0n) is 9.66. The number of fused-ring (bicyclic) bond motifs is 1. The number of hydrogen-bond acceptors (Lipinski definition) is 2. The van der Waals surface area contributed by atoms with Crippen molar-refractivity contribution in [3.8, 4) is 0 Å². The topological polar surface area (TPSA) is 15.3 Å². The Kier molecular flexibility index (Phi) is 3.39. The number of nitrogens with one attached hydrogen (secondary N) is 1. The molecule has 0 aromatic heterocycles. The number of benzene rings is 1. The van der Waals surface area contributed by atoms with Gasteiger partial charge in [-0.1, -0.05) is 31.2 Å². The van der Waals surface area contributed by atoms with Gasteiger partial charge in [-0.25, -0.2) is 0 Å². The molecule has 82 valence electrons. The van der Waals surface area contributed by atoms with E-state index >= 15 is 0 Å². The van der Waals surface area contributed by atoms with Crippen LogP contribution < -0.4 is 5.32 Å². The van der Waals surface area contributed by atoms with Gasteiger partial charge < -0.3 is 5.32 Å². The second kappa shape index (κ2) is 4.77. The highest BCUT2D eigenvalue weighted by Crippen LogP contribution is 2.21. The summed E-state index contributed by atoms with van der Waals surface area (Å²) < 4.78 is 0. The summed E-state index contributed by atoms with van der Waals surface area (Å²) in [5.41, 5.74) is 3.02. The quantitative estimate of drug-likeness (QED) is 0.805. The van der Waals surface area contributed by atoms with Crippen molar-refractivity contribution in [1.29, 1.82) is 0 Å². The lowest BCUT2D eigenvalue weighted by Crippen LogP contribution is -2.44. The smallest absolute Gasteiger partial charge is 0.0261 e. The Labute approximate surface area is 92.3 Å². The number of likely N-dealkylation sites (N-methyl/N-ethyl adjacent to an activating group) is 2. The standard InChI is InChI=1S/C13H20N2/c1-3-14-9-13-8-11-6-4-5-7-12(11)10-15(13)2/h4-7,13-14H,3,8-10H2,1-2H3. The summed E-state index contributed by atoms with van der Waals surface area (Å²) in [6.45, 7) is 5.41. The van der Waals surface area contributed by atoms with Crippen molar-refractivity contribution in [2.75, 3.05) is 20.1 Å². The molecule has 1 atom stereocenters. The van der Waals surface area contributed by atoms with Gasteiger partial charge in [0.1, 0.15) is 0 Å². The van der Waals surface area contributed by atoms with E-state index in [1.165, 1.54) is 17.5 Å². The van der Waals surface area contributed by atoms with E-state index in [0.29, 0.717) is 6.04 Å². The predicted molar refractivity (Wildman–Crippen MR) is 63.9 cm³/mol. The Balaban J connectivity index is 2.08. The lowest BCUT2D eigenvalue weighted by atomic mass is 9.94. The first kappa shape index (κ1) is 10.7. The summed E-state index contributed by atoms with van der Waals surface area (Å²) in [6, 6.07) is 9.45. The molecule has 0 fully saturated rings. The van der Waals surface area contributed by atoms with Crippen molar-refractivity contribution >= 4 is 0 Å². The van der Waals surface area contributed by atoms with Gasteiger partial charge in [0.15, 0.2) is 0 Å². The molecule has 1 aliphatic rings. The Morgan fingerprint density at radius 1 is 1.33 bits per heavy atom. The molecule has 0 saturated carbocycles. The Morgan fingerprint density at radius 3 is 2.80 bits per heavy atom. The van der Waals surface area contributed by atoms with Gasteiger partial charge in [0.05, 0.1) is 0 Å². The van der Waals surface area contributed by atoms with Crippen molar-refractivity contribution in [2.24, 2.45) is 0 Å². The minimum absolute atomic E-state index is 0.653. The van der Waals surface area contributed by atoms with Crippen molar-refractivity contribution in [1.82, 2.24) is 10.2 Å². The molecule has 1 heterocycles. The SMILES string of the molecule is CCNCC1Cc2ccccc2CN1C. The fourth-order valence-electron chi connectivity index (χ4n) is 2.26. The van der Waals surface area contributed by atoms with Crippen LogP contribution in [0.3, 0.4) is 0 Å². The highest BCUT2D eigenvalue weighted by atomic mass is 15.2. The number of nitrogens with zero attached hydrogens (tertiary/aromatic N) is 1. The second-order valence-electron chi connectivity index (χ2n) is 4.35. The van der Waals surface area contributed by atoms with Gasteiger partial charge in [-0.3, -0.25) is 4.90 Å². The van der Waals surface area contributed by atoms with Gasteiger partial charge in [-0.2, -0.15) is 0 Å². The number of rotatable bonds is 3. The Hall–Kier alpha value is -0.860. The summed E-state index contributed by atoms with van der Waals surface area (Å²) in [4.78, 5) is 2.45. The Morgan fingerprint density at radius 2 is 2.07 bits per heavy atom. The first-order chi connectivity index (χ1) is 7.31. The van der Waals surface area contributed by atoms with E-state index in [1.54, 1.807) is 0 Å². The van der Waals surface area contributed by atoms with Crippen molar-refractivity contribution < 1.29 is 0 Å². The van der Waals surface area contributed by atoms with Crippen LogP contribution in [0.5, 0.6) is 0 Å². The Bertz CT molecular complexity index is 322. The third-order valence-corrected chi connectivity index (χ3v) is 3.25. The molecular weight excluding hydrogens is 184 g/mol. The third-order valence-electron chi connectivity index (χ3n) is 3.25. The average molecular weight is 204 g/mol. The highest BCUT2D eigenvalue weighted by molar-refractivity contribution is 5.30. The zero-order valence-corrected chi connectivity index (χ0v) is 9.66. The van der Waals surface area contributed by atoms with Crippen LogP contribution in [0.15, 0.2) is 24.3 Å². The van der Waals surface area contributed by atoms with Crippen LogP contribution in [0.2, 0.25) is 0 Å². The molecular formula is C13H20N2. The molecule has 1 aromatic carbocycles. The van der Waals surface area contributed by atoms with Crippen LogP contribution in [0.25, 0.3) is 0 Å². The average Bonchev–Trinajstić information content (AvgIpc) is 2.26. The predicted octanol–water partition coefficient (Wildman–Crippen LogP) is 1.65. The minimum Gasteiger partial charge on any atom is -0.315 e. The molecule has 2 nitrogen and oxygen atoms in total. The molecule has 2 heteroatoms. The third kappa shape index (κ3) is 2.39. The zero-order chi connectivity index (χ0) is 10.7. The molecule has 1 unspecified atom stereocenters.